The van der Waals surface area contributed by atoms with Gasteiger partial charge >= 0.3 is 19.6 Å². The third-order valence-corrected chi connectivity index (χ3v) is 4.27. The Morgan fingerprint density at radius 1 is 1.00 bits per heavy atom. The van der Waals surface area contributed by atoms with Gasteiger partial charge in [-0.15, -0.1) is 0 Å². The van der Waals surface area contributed by atoms with Crippen LogP contribution in [0.2, 0.25) is 0 Å². The van der Waals surface area contributed by atoms with Crippen LogP contribution in [0.15, 0.2) is 64.9 Å². The number of benzene rings is 2. The van der Waals surface area contributed by atoms with Crippen molar-refractivity contribution in [2.45, 2.75) is 6.42 Å². The summed E-state index contributed by atoms with van der Waals surface area (Å²) < 4.78 is 17.1. The maximum atomic E-state index is 11.8. The molecule has 0 saturated carbocycles. The van der Waals surface area contributed by atoms with E-state index in [9.17, 15) is 14.2 Å². The summed E-state index contributed by atoms with van der Waals surface area (Å²) >= 11 is 0. The molecule has 1 atom stereocenters. The third-order valence-electron chi connectivity index (χ3n) is 3.13. The molecule has 0 fully saturated rings. The number of carbonyl (C=O) groups is 2. The smallest absolute Gasteiger partial charge is 0.481 e. The topological polar surface area (TPSA) is 105 Å². The highest BCUT2D eigenvalue weighted by atomic mass is 31.1. The van der Waals surface area contributed by atoms with E-state index in [2.05, 4.69) is 6.58 Å². The summed E-state index contributed by atoms with van der Waals surface area (Å²) in [7, 11) is -1.74. The number of hydrogen-bond acceptors (Lipinski definition) is 4. The summed E-state index contributed by atoms with van der Waals surface area (Å²) in [5.41, 5.74) is 0.403. The van der Waals surface area contributed by atoms with Gasteiger partial charge in [-0.1, -0.05) is 36.9 Å². The van der Waals surface area contributed by atoms with E-state index in [0.717, 1.165) is 15.9 Å². The van der Waals surface area contributed by atoms with Gasteiger partial charge in [-0.05, 0) is 22.8 Å². The number of aliphatic carboxylic acids is 2. The van der Waals surface area contributed by atoms with Crippen LogP contribution in [0, 0.1) is 0 Å². The fraction of sp³-hybridized carbons (Fsp3) is 0.0588. The molecule has 3 aromatic rings. The molecular weight excluding hydrogens is 331 g/mol. The lowest BCUT2D eigenvalue weighted by Gasteiger charge is -1.94. The zero-order valence-corrected chi connectivity index (χ0v) is 13.4. The Labute approximate surface area is 137 Å². The van der Waals surface area contributed by atoms with Crippen molar-refractivity contribution in [3.8, 4) is 0 Å². The van der Waals surface area contributed by atoms with E-state index in [1.54, 1.807) is 0 Å². The van der Waals surface area contributed by atoms with Gasteiger partial charge in [-0.3, -0.25) is 4.79 Å². The summed E-state index contributed by atoms with van der Waals surface area (Å²) in [5.74, 6) is -2.44. The fourth-order valence-corrected chi connectivity index (χ4v) is 3.06. The average Bonchev–Trinajstić information content (AvgIpc) is 2.55. The third kappa shape index (κ3) is 4.06. The number of fused-ring (bicyclic) bond motifs is 3. The zero-order chi connectivity index (χ0) is 17.7. The maximum Gasteiger partial charge on any atom is 0.597 e. The molecule has 0 saturated heterocycles. The molecule has 0 aliphatic carbocycles. The molecule has 0 spiro atoms. The van der Waals surface area contributed by atoms with Crippen LogP contribution in [0.1, 0.15) is 6.42 Å². The number of para-hydroxylation sites is 1. The van der Waals surface area contributed by atoms with Gasteiger partial charge in [-0.25, -0.2) is 8.99 Å². The Morgan fingerprint density at radius 2 is 1.58 bits per heavy atom. The maximum absolute atomic E-state index is 11.8. The lowest BCUT2D eigenvalue weighted by molar-refractivity contribution is -0.139. The summed E-state index contributed by atoms with van der Waals surface area (Å²) in [6, 6.07) is 15.3. The lowest BCUT2D eigenvalue weighted by atomic mass is 10.1. The average molecular weight is 345 g/mol. The van der Waals surface area contributed by atoms with Crippen LogP contribution in [0.3, 0.4) is 0 Å². The zero-order valence-electron chi connectivity index (χ0n) is 12.5. The molecule has 0 aliphatic heterocycles. The van der Waals surface area contributed by atoms with Gasteiger partial charge in [0.25, 0.3) is 0 Å². The summed E-state index contributed by atoms with van der Waals surface area (Å²) in [5, 5.41) is 18.9. The van der Waals surface area contributed by atoms with Crippen LogP contribution in [0.4, 0.5) is 0 Å². The standard InChI is InChI=1S/C12H8O2P.C5H6O4/c13-15-12-8-4-2-6-10(12)9-5-1-3-7-11(9)14-15;1-3(5(8)9)2-4(6)7/h1-8H;1-2H2,(H,6,7)(H,8,9)/q+1;. The first-order valence-corrected chi connectivity index (χ1v) is 8.04. The van der Waals surface area contributed by atoms with Crippen LogP contribution in [0.25, 0.3) is 21.5 Å². The first-order chi connectivity index (χ1) is 11.4. The molecule has 122 valence electrons. The minimum atomic E-state index is -1.74. The molecule has 0 radical (unpaired) electrons. The van der Waals surface area contributed by atoms with E-state index < -0.39 is 26.0 Å². The first-order valence-electron chi connectivity index (χ1n) is 6.86. The molecule has 0 bridgehead atoms. The number of carboxylic acid groups (broad SMARTS) is 2. The van der Waals surface area contributed by atoms with Crippen molar-refractivity contribution in [1.82, 2.24) is 0 Å². The highest BCUT2D eigenvalue weighted by Gasteiger charge is 2.14. The minimum Gasteiger partial charge on any atom is -0.481 e. The summed E-state index contributed by atoms with van der Waals surface area (Å²) in [6.45, 7) is 3.01. The second kappa shape index (κ2) is 7.53. The Morgan fingerprint density at radius 3 is 2.17 bits per heavy atom. The normalized spacial score (nSPS) is 10.8. The molecule has 1 aromatic heterocycles. The van der Waals surface area contributed by atoms with Gasteiger partial charge in [-0.2, -0.15) is 0 Å². The SMILES string of the molecule is C=C(CC(=O)O)C(=O)O.O=[p+]1oc2ccccc2c2ccccc21. The van der Waals surface area contributed by atoms with Gasteiger partial charge in [0.1, 0.15) is 0 Å². The second-order valence-electron chi connectivity index (χ2n) is 4.84. The fourth-order valence-electron chi connectivity index (χ4n) is 2.03. The first kappa shape index (κ1) is 17.4. The van der Waals surface area contributed by atoms with E-state index in [1.165, 1.54) is 0 Å². The highest BCUT2D eigenvalue weighted by molar-refractivity contribution is 7.37. The highest BCUT2D eigenvalue weighted by Crippen LogP contribution is 2.34. The Kier molecular flexibility index (Phi) is 5.45. The summed E-state index contributed by atoms with van der Waals surface area (Å²) in [4.78, 5) is 19.7. The van der Waals surface area contributed by atoms with Gasteiger partial charge < -0.3 is 10.2 Å². The predicted octanol–water partition coefficient (Wildman–Crippen LogP) is 4.43. The molecular formula is C17H14O6P+. The van der Waals surface area contributed by atoms with Crippen molar-refractivity contribution in [2.75, 3.05) is 0 Å². The monoisotopic (exact) mass is 345 g/mol. The van der Waals surface area contributed by atoms with Crippen molar-refractivity contribution in [1.29, 1.82) is 0 Å². The molecule has 6 nitrogen and oxygen atoms in total. The van der Waals surface area contributed by atoms with Crippen LogP contribution in [-0.2, 0) is 14.2 Å². The number of hydrogen-bond donors (Lipinski definition) is 2. The van der Waals surface area contributed by atoms with Crippen molar-refractivity contribution in [2.24, 2.45) is 0 Å². The Balaban J connectivity index is 0.000000202. The molecule has 2 N–H and O–H groups in total. The minimum absolute atomic E-state index is 0.303. The molecule has 7 heteroatoms. The number of carboxylic acids is 2. The van der Waals surface area contributed by atoms with Gasteiger partial charge in [0.05, 0.1) is 6.42 Å². The van der Waals surface area contributed by atoms with E-state index in [1.807, 2.05) is 48.5 Å². The predicted molar refractivity (Wildman–Crippen MR) is 90.4 cm³/mol. The molecule has 0 amide bonds. The van der Waals surface area contributed by atoms with E-state index in [0.29, 0.717) is 5.58 Å². The second-order valence-corrected chi connectivity index (χ2v) is 6.02. The molecule has 2 aromatic carbocycles. The lowest BCUT2D eigenvalue weighted by Crippen LogP contribution is -2.04. The Bertz CT molecular complexity index is 989. The molecule has 0 aliphatic rings. The summed E-state index contributed by atoms with van der Waals surface area (Å²) in [6.07, 6.45) is -0.505. The van der Waals surface area contributed by atoms with Gasteiger partial charge in [0.2, 0.25) is 5.12 Å². The van der Waals surface area contributed by atoms with E-state index >= 15 is 0 Å². The van der Waals surface area contributed by atoms with Gasteiger partial charge in [0, 0.05) is 16.3 Å². The van der Waals surface area contributed by atoms with Crippen molar-refractivity contribution >= 4 is 41.1 Å². The number of rotatable bonds is 3. The van der Waals surface area contributed by atoms with E-state index in [-0.39, 0.29) is 5.57 Å². The van der Waals surface area contributed by atoms with Crippen LogP contribution >= 0.6 is 7.65 Å². The van der Waals surface area contributed by atoms with Crippen LogP contribution < -0.4 is 0 Å². The largest absolute Gasteiger partial charge is 0.597 e. The van der Waals surface area contributed by atoms with Crippen LogP contribution in [-0.4, -0.2) is 22.2 Å². The van der Waals surface area contributed by atoms with Crippen molar-refractivity contribution < 1.29 is 28.6 Å². The Hall–Kier alpha value is -2.98. The van der Waals surface area contributed by atoms with Crippen molar-refractivity contribution in [3.63, 3.8) is 0 Å². The van der Waals surface area contributed by atoms with Gasteiger partial charge in [0.15, 0.2) is 5.58 Å². The van der Waals surface area contributed by atoms with E-state index in [4.69, 9.17) is 14.4 Å². The molecule has 24 heavy (non-hydrogen) atoms. The molecule has 1 unspecified atom stereocenters. The van der Waals surface area contributed by atoms with Crippen LogP contribution in [0.5, 0.6) is 0 Å². The quantitative estimate of drug-likeness (QED) is 0.537. The van der Waals surface area contributed by atoms with Crippen molar-refractivity contribution in [3.05, 3.63) is 60.7 Å². The molecule has 1 heterocycles. The molecule has 3 rings (SSSR count).